The molecule has 0 aliphatic heterocycles. The zero-order valence-corrected chi connectivity index (χ0v) is 13.1. The molecule has 0 spiro atoms. The molecule has 3 rings (SSSR count). The van der Waals surface area contributed by atoms with Crippen LogP contribution in [-0.4, -0.2) is 16.5 Å². The van der Waals surface area contributed by atoms with Gasteiger partial charge in [0, 0.05) is 18.4 Å². The van der Waals surface area contributed by atoms with Crippen molar-refractivity contribution in [3.8, 4) is 11.5 Å². The summed E-state index contributed by atoms with van der Waals surface area (Å²) >= 11 is 0. The predicted molar refractivity (Wildman–Crippen MR) is 97.0 cm³/mol. The average molecular weight is 318 g/mol. The Hall–Kier alpha value is -3.34. The zero-order chi connectivity index (χ0) is 16.6. The van der Waals surface area contributed by atoms with Gasteiger partial charge in [-0.05, 0) is 42.5 Å². The van der Waals surface area contributed by atoms with Crippen molar-refractivity contribution in [2.45, 2.75) is 0 Å². The van der Waals surface area contributed by atoms with Gasteiger partial charge in [0.1, 0.15) is 17.3 Å². The quantitative estimate of drug-likeness (QED) is 0.623. The molecule has 5 nitrogen and oxygen atoms in total. The Morgan fingerprint density at radius 3 is 2.46 bits per heavy atom. The number of para-hydroxylation sites is 1. The van der Waals surface area contributed by atoms with Crippen molar-refractivity contribution in [2.75, 3.05) is 17.2 Å². The maximum atomic E-state index is 5.77. The number of hydrogen-bond acceptors (Lipinski definition) is 5. The summed E-state index contributed by atoms with van der Waals surface area (Å²) in [5, 5.41) is 6.30. The molecule has 5 heteroatoms. The molecule has 0 radical (unpaired) electrons. The highest BCUT2D eigenvalue weighted by molar-refractivity contribution is 5.56. The van der Waals surface area contributed by atoms with Crippen molar-refractivity contribution < 1.29 is 4.74 Å². The van der Waals surface area contributed by atoms with Crippen molar-refractivity contribution in [3.63, 3.8) is 0 Å². The van der Waals surface area contributed by atoms with Gasteiger partial charge in [-0.3, -0.25) is 0 Å². The Labute approximate surface area is 141 Å². The second-order valence-electron chi connectivity index (χ2n) is 5.00. The first-order valence-electron chi connectivity index (χ1n) is 7.61. The van der Waals surface area contributed by atoms with E-state index in [0.717, 1.165) is 23.0 Å². The van der Waals surface area contributed by atoms with Crippen molar-refractivity contribution >= 4 is 17.5 Å². The summed E-state index contributed by atoms with van der Waals surface area (Å²) < 4.78 is 5.77. The van der Waals surface area contributed by atoms with Gasteiger partial charge in [-0.25, -0.2) is 4.98 Å². The number of nitrogens with one attached hydrogen (secondary N) is 2. The molecule has 24 heavy (non-hydrogen) atoms. The lowest BCUT2D eigenvalue weighted by Gasteiger charge is -2.09. The topological polar surface area (TPSA) is 59.1 Å². The minimum atomic E-state index is 0.529. The molecular weight excluding hydrogens is 300 g/mol. The molecule has 1 heterocycles. The highest BCUT2D eigenvalue weighted by Gasteiger charge is 2.01. The molecule has 0 bridgehead atoms. The van der Waals surface area contributed by atoms with Crippen LogP contribution in [0.25, 0.3) is 0 Å². The van der Waals surface area contributed by atoms with E-state index in [9.17, 15) is 0 Å². The first-order valence-corrected chi connectivity index (χ1v) is 7.61. The predicted octanol–water partition coefficient (Wildman–Crippen LogP) is 4.61. The van der Waals surface area contributed by atoms with Crippen LogP contribution < -0.4 is 15.4 Å². The van der Waals surface area contributed by atoms with Crippen LogP contribution in [0, 0.1) is 0 Å². The number of aromatic nitrogens is 2. The second kappa shape index (κ2) is 7.78. The zero-order valence-electron chi connectivity index (χ0n) is 13.1. The highest BCUT2D eigenvalue weighted by Crippen LogP contribution is 2.23. The van der Waals surface area contributed by atoms with Gasteiger partial charge in [0.05, 0.1) is 0 Å². The number of rotatable bonds is 7. The fourth-order valence-electron chi connectivity index (χ4n) is 2.05. The van der Waals surface area contributed by atoms with Crippen LogP contribution in [0.4, 0.5) is 17.5 Å². The van der Waals surface area contributed by atoms with Crippen LogP contribution in [0.2, 0.25) is 0 Å². The van der Waals surface area contributed by atoms with Crippen LogP contribution in [0.3, 0.4) is 0 Å². The Kier molecular flexibility index (Phi) is 5.04. The molecule has 0 amide bonds. The standard InChI is InChI=1S/C19H18N4O/c1-2-13-20-18-12-14-21-19(23-18)22-15-8-10-17(11-9-15)24-16-6-4-3-5-7-16/h2-12,14H,1,13H2,(H2,20,21,22,23). The fraction of sp³-hybridized carbons (Fsp3) is 0.0526. The third-order valence-corrected chi connectivity index (χ3v) is 3.17. The minimum absolute atomic E-state index is 0.529. The molecule has 0 fully saturated rings. The Balaban J connectivity index is 1.64. The molecule has 0 aliphatic rings. The first-order chi connectivity index (χ1) is 11.8. The van der Waals surface area contributed by atoms with E-state index in [0.29, 0.717) is 12.5 Å². The molecule has 2 N–H and O–H groups in total. The molecule has 0 saturated carbocycles. The fourth-order valence-corrected chi connectivity index (χ4v) is 2.05. The van der Waals surface area contributed by atoms with E-state index in [1.165, 1.54) is 0 Å². The van der Waals surface area contributed by atoms with E-state index in [1.54, 1.807) is 12.3 Å². The van der Waals surface area contributed by atoms with E-state index in [2.05, 4.69) is 27.2 Å². The molecule has 3 aromatic rings. The first kappa shape index (κ1) is 15.6. The lowest BCUT2D eigenvalue weighted by Crippen LogP contribution is -2.03. The number of benzene rings is 2. The lowest BCUT2D eigenvalue weighted by molar-refractivity contribution is 0.483. The van der Waals surface area contributed by atoms with Crippen molar-refractivity contribution in [3.05, 3.63) is 79.5 Å². The lowest BCUT2D eigenvalue weighted by atomic mass is 10.3. The number of hydrogen-bond donors (Lipinski definition) is 2. The van der Waals surface area contributed by atoms with E-state index in [1.807, 2.05) is 60.7 Å². The second-order valence-corrected chi connectivity index (χ2v) is 5.00. The van der Waals surface area contributed by atoms with Crippen LogP contribution in [0.5, 0.6) is 11.5 Å². The SMILES string of the molecule is C=CCNc1ccnc(Nc2ccc(Oc3ccccc3)cc2)n1. The molecule has 2 aromatic carbocycles. The number of nitrogens with zero attached hydrogens (tertiary/aromatic N) is 2. The summed E-state index contributed by atoms with van der Waals surface area (Å²) in [5.41, 5.74) is 0.885. The summed E-state index contributed by atoms with van der Waals surface area (Å²) in [6.07, 6.45) is 3.48. The summed E-state index contributed by atoms with van der Waals surface area (Å²) in [6.45, 7) is 4.33. The van der Waals surface area contributed by atoms with Crippen LogP contribution in [-0.2, 0) is 0 Å². The third-order valence-electron chi connectivity index (χ3n) is 3.17. The van der Waals surface area contributed by atoms with Crippen molar-refractivity contribution in [2.24, 2.45) is 0 Å². The van der Waals surface area contributed by atoms with Crippen LogP contribution in [0.15, 0.2) is 79.5 Å². The Morgan fingerprint density at radius 1 is 0.958 bits per heavy atom. The van der Waals surface area contributed by atoms with E-state index in [-0.39, 0.29) is 0 Å². The van der Waals surface area contributed by atoms with Gasteiger partial charge in [0.15, 0.2) is 0 Å². The van der Waals surface area contributed by atoms with Gasteiger partial charge in [-0.1, -0.05) is 24.3 Å². The molecule has 0 atom stereocenters. The molecule has 1 aromatic heterocycles. The molecule has 0 saturated heterocycles. The number of ether oxygens (including phenoxy) is 1. The van der Waals surface area contributed by atoms with Crippen LogP contribution in [0.1, 0.15) is 0 Å². The van der Waals surface area contributed by atoms with Gasteiger partial charge in [0.25, 0.3) is 0 Å². The smallest absolute Gasteiger partial charge is 0.229 e. The molecule has 0 unspecified atom stereocenters. The van der Waals surface area contributed by atoms with Gasteiger partial charge in [0.2, 0.25) is 5.95 Å². The summed E-state index contributed by atoms with van der Waals surface area (Å²) in [7, 11) is 0. The van der Waals surface area contributed by atoms with Crippen molar-refractivity contribution in [1.29, 1.82) is 0 Å². The summed E-state index contributed by atoms with van der Waals surface area (Å²) in [4.78, 5) is 8.60. The van der Waals surface area contributed by atoms with E-state index < -0.39 is 0 Å². The van der Waals surface area contributed by atoms with Gasteiger partial charge in [-0.2, -0.15) is 4.98 Å². The molecule has 120 valence electrons. The molecule has 0 aliphatic carbocycles. The van der Waals surface area contributed by atoms with Gasteiger partial charge in [-0.15, -0.1) is 6.58 Å². The third kappa shape index (κ3) is 4.33. The minimum Gasteiger partial charge on any atom is -0.457 e. The number of anilines is 3. The Bertz CT molecular complexity index is 788. The molecular formula is C19H18N4O. The largest absolute Gasteiger partial charge is 0.457 e. The summed E-state index contributed by atoms with van der Waals surface area (Å²) in [5.74, 6) is 2.86. The van der Waals surface area contributed by atoms with Gasteiger partial charge >= 0.3 is 0 Å². The highest BCUT2D eigenvalue weighted by atomic mass is 16.5. The maximum Gasteiger partial charge on any atom is 0.229 e. The maximum absolute atomic E-state index is 5.77. The van der Waals surface area contributed by atoms with Crippen molar-refractivity contribution in [1.82, 2.24) is 9.97 Å². The Morgan fingerprint density at radius 2 is 1.71 bits per heavy atom. The summed E-state index contributed by atoms with van der Waals surface area (Å²) in [6, 6.07) is 19.1. The average Bonchev–Trinajstić information content (AvgIpc) is 2.63. The van der Waals surface area contributed by atoms with Gasteiger partial charge < -0.3 is 15.4 Å². The normalized spacial score (nSPS) is 10.0. The van der Waals surface area contributed by atoms with Crippen LogP contribution >= 0.6 is 0 Å². The monoisotopic (exact) mass is 318 g/mol. The van der Waals surface area contributed by atoms with E-state index in [4.69, 9.17) is 4.74 Å². The van der Waals surface area contributed by atoms with E-state index >= 15 is 0 Å².